The molecular formula is C20H31N3O3S. The number of nitrogens with one attached hydrogen (secondary N) is 2. The quantitative estimate of drug-likeness (QED) is 0.775. The van der Waals surface area contributed by atoms with Gasteiger partial charge in [-0.25, -0.2) is 8.42 Å². The van der Waals surface area contributed by atoms with E-state index in [0.29, 0.717) is 6.42 Å². The minimum Gasteiger partial charge on any atom is -0.334 e. The van der Waals surface area contributed by atoms with Crippen LogP contribution in [0.1, 0.15) is 45.1 Å². The molecule has 2 aliphatic heterocycles. The predicted octanol–water partition coefficient (Wildman–Crippen LogP) is 2.04. The molecule has 1 amide bonds. The summed E-state index contributed by atoms with van der Waals surface area (Å²) in [6, 6.07) is 6.39. The number of amides is 1. The van der Waals surface area contributed by atoms with Crippen molar-refractivity contribution < 1.29 is 13.2 Å². The molecule has 2 saturated heterocycles. The van der Waals surface area contributed by atoms with Gasteiger partial charge in [-0.05, 0) is 57.2 Å². The lowest BCUT2D eigenvalue weighted by Gasteiger charge is -2.32. The molecule has 3 atom stereocenters. The van der Waals surface area contributed by atoms with Crippen LogP contribution in [0.4, 0.5) is 0 Å². The number of fused-ring (bicyclic) bond motifs is 2. The monoisotopic (exact) mass is 393 g/mol. The maximum Gasteiger partial charge on any atom is 0.241 e. The molecule has 27 heavy (non-hydrogen) atoms. The van der Waals surface area contributed by atoms with Gasteiger partial charge in [0.1, 0.15) is 6.04 Å². The summed E-state index contributed by atoms with van der Waals surface area (Å²) in [5.74, 6) is 0.137. The lowest BCUT2D eigenvalue weighted by molar-refractivity contribution is -0.136. The van der Waals surface area contributed by atoms with E-state index in [1.807, 2.05) is 25.7 Å². The van der Waals surface area contributed by atoms with Gasteiger partial charge in [0, 0.05) is 18.6 Å². The Morgan fingerprint density at radius 1 is 1.19 bits per heavy atom. The van der Waals surface area contributed by atoms with Crippen molar-refractivity contribution in [3.63, 3.8) is 0 Å². The predicted molar refractivity (Wildman–Crippen MR) is 106 cm³/mol. The van der Waals surface area contributed by atoms with Gasteiger partial charge in [-0.15, -0.1) is 0 Å². The average Bonchev–Trinajstić information content (AvgIpc) is 2.86. The molecule has 1 aromatic carbocycles. The van der Waals surface area contributed by atoms with Crippen LogP contribution in [0.15, 0.2) is 29.2 Å². The second kappa shape index (κ2) is 8.29. The number of hydrogen-bond acceptors (Lipinski definition) is 4. The molecule has 2 bridgehead atoms. The third-order valence-electron chi connectivity index (χ3n) is 5.54. The van der Waals surface area contributed by atoms with Crippen LogP contribution in [0.3, 0.4) is 0 Å². The molecule has 0 saturated carbocycles. The summed E-state index contributed by atoms with van der Waals surface area (Å²) in [6.07, 6.45) is 3.42. The van der Waals surface area contributed by atoms with Gasteiger partial charge in [0.05, 0.1) is 4.90 Å². The normalized spacial score (nSPS) is 24.1. The highest BCUT2D eigenvalue weighted by molar-refractivity contribution is 7.89. The maximum atomic E-state index is 13.4. The molecule has 1 aromatic rings. The van der Waals surface area contributed by atoms with Gasteiger partial charge < -0.3 is 10.2 Å². The van der Waals surface area contributed by atoms with Gasteiger partial charge >= 0.3 is 0 Å². The molecule has 2 N–H and O–H groups in total. The Balaban J connectivity index is 1.83. The Hall–Kier alpha value is -1.44. The zero-order valence-electron chi connectivity index (χ0n) is 16.4. The number of benzene rings is 1. The van der Waals surface area contributed by atoms with Crippen molar-refractivity contribution in [2.75, 3.05) is 13.1 Å². The number of aryl methyl sites for hydroxylation is 1. The molecule has 3 rings (SSSR count). The highest BCUT2D eigenvalue weighted by Gasteiger charge is 2.41. The van der Waals surface area contributed by atoms with Gasteiger partial charge in [0.2, 0.25) is 15.9 Å². The fourth-order valence-electron chi connectivity index (χ4n) is 4.17. The van der Waals surface area contributed by atoms with Crippen LogP contribution in [0.5, 0.6) is 0 Å². The minimum atomic E-state index is -3.74. The maximum absolute atomic E-state index is 13.4. The van der Waals surface area contributed by atoms with E-state index in [9.17, 15) is 13.2 Å². The van der Waals surface area contributed by atoms with Crippen LogP contribution in [-0.4, -0.2) is 50.4 Å². The van der Waals surface area contributed by atoms with Crippen molar-refractivity contribution in [2.24, 2.45) is 5.92 Å². The van der Waals surface area contributed by atoms with Crippen LogP contribution in [0.25, 0.3) is 0 Å². The van der Waals surface area contributed by atoms with Crippen LogP contribution in [0, 0.1) is 12.8 Å². The average molecular weight is 394 g/mol. The standard InChI is InChI=1S/C20H31N3O3S/c1-14(2)12-19(22-27(25,26)18-8-4-15(3)5-9-18)20(24)23-16-6-7-17(23)13-21-11-10-16/h4-5,8-9,14,16-17,19,21-22H,6-7,10-13H2,1-3H3. The third-order valence-corrected chi connectivity index (χ3v) is 7.03. The topological polar surface area (TPSA) is 78.5 Å². The first kappa shape index (κ1) is 20.3. The number of hydrogen-bond donors (Lipinski definition) is 2. The van der Waals surface area contributed by atoms with Crippen LogP contribution in [-0.2, 0) is 14.8 Å². The summed E-state index contributed by atoms with van der Waals surface area (Å²) in [5, 5.41) is 3.39. The first-order valence-corrected chi connectivity index (χ1v) is 11.4. The van der Waals surface area contributed by atoms with Gasteiger partial charge in [-0.1, -0.05) is 31.5 Å². The summed E-state index contributed by atoms with van der Waals surface area (Å²) in [4.78, 5) is 15.5. The first-order valence-electron chi connectivity index (χ1n) is 9.90. The Bertz CT molecular complexity index is 747. The summed E-state index contributed by atoms with van der Waals surface area (Å²) >= 11 is 0. The van der Waals surface area contributed by atoms with E-state index < -0.39 is 16.1 Å². The number of carbonyl (C=O) groups excluding carboxylic acids is 1. The third kappa shape index (κ3) is 4.70. The molecule has 0 aromatic heterocycles. The van der Waals surface area contributed by atoms with E-state index in [1.165, 1.54) is 0 Å². The summed E-state index contributed by atoms with van der Waals surface area (Å²) in [5.41, 5.74) is 0.998. The molecule has 2 fully saturated rings. The fraction of sp³-hybridized carbons (Fsp3) is 0.650. The molecule has 3 unspecified atom stereocenters. The van der Waals surface area contributed by atoms with Crippen molar-refractivity contribution in [3.05, 3.63) is 29.8 Å². The largest absolute Gasteiger partial charge is 0.334 e. The fourth-order valence-corrected chi connectivity index (χ4v) is 5.37. The lowest BCUT2D eigenvalue weighted by Crippen LogP contribution is -2.53. The number of rotatable bonds is 6. The Labute approximate surface area is 162 Å². The van der Waals surface area contributed by atoms with E-state index in [-0.39, 0.29) is 28.8 Å². The van der Waals surface area contributed by atoms with Gasteiger partial charge in [0.15, 0.2) is 0 Å². The smallest absolute Gasteiger partial charge is 0.241 e. The second-order valence-electron chi connectivity index (χ2n) is 8.24. The molecule has 2 heterocycles. The van der Waals surface area contributed by atoms with Crippen molar-refractivity contribution in [1.82, 2.24) is 14.9 Å². The molecule has 0 radical (unpaired) electrons. The molecule has 7 heteroatoms. The highest BCUT2D eigenvalue weighted by Crippen LogP contribution is 2.29. The zero-order valence-corrected chi connectivity index (χ0v) is 17.3. The van der Waals surface area contributed by atoms with E-state index in [1.54, 1.807) is 24.3 Å². The second-order valence-corrected chi connectivity index (χ2v) is 9.95. The van der Waals surface area contributed by atoms with Gasteiger partial charge in [-0.3, -0.25) is 4.79 Å². The summed E-state index contributed by atoms with van der Waals surface area (Å²) in [7, 11) is -3.74. The molecule has 2 aliphatic rings. The number of nitrogens with zero attached hydrogens (tertiary/aromatic N) is 1. The summed E-state index contributed by atoms with van der Waals surface area (Å²) < 4.78 is 28.5. The molecule has 6 nitrogen and oxygen atoms in total. The molecular weight excluding hydrogens is 362 g/mol. The van der Waals surface area contributed by atoms with Crippen molar-refractivity contribution in [1.29, 1.82) is 0 Å². The molecule has 0 spiro atoms. The van der Waals surface area contributed by atoms with Crippen molar-refractivity contribution in [3.8, 4) is 0 Å². The van der Waals surface area contributed by atoms with Crippen molar-refractivity contribution in [2.45, 2.75) is 69.5 Å². The SMILES string of the molecule is Cc1ccc(S(=O)(=O)NC(CC(C)C)C(=O)N2C3CCNCC2CC3)cc1. The Morgan fingerprint density at radius 3 is 2.52 bits per heavy atom. The minimum absolute atomic E-state index is 0.0735. The van der Waals surface area contributed by atoms with E-state index in [2.05, 4.69) is 10.0 Å². The van der Waals surface area contributed by atoms with Crippen LogP contribution < -0.4 is 10.0 Å². The van der Waals surface area contributed by atoms with E-state index in [4.69, 9.17) is 0 Å². The summed E-state index contributed by atoms with van der Waals surface area (Å²) in [6.45, 7) is 7.65. The van der Waals surface area contributed by atoms with Crippen LogP contribution in [0.2, 0.25) is 0 Å². The lowest BCUT2D eigenvalue weighted by atomic mass is 10.0. The van der Waals surface area contributed by atoms with E-state index in [0.717, 1.165) is 37.9 Å². The zero-order chi connectivity index (χ0) is 19.6. The van der Waals surface area contributed by atoms with E-state index >= 15 is 0 Å². The Kier molecular flexibility index (Phi) is 6.23. The molecule has 150 valence electrons. The number of carbonyl (C=O) groups is 1. The van der Waals surface area contributed by atoms with Crippen LogP contribution >= 0.6 is 0 Å². The van der Waals surface area contributed by atoms with Gasteiger partial charge in [0.25, 0.3) is 0 Å². The van der Waals surface area contributed by atoms with Crippen molar-refractivity contribution >= 4 is 15.9 Å². The highest BCUT2D eigenvalue weighted by atomic mass is 32.2. The Morgan fingerprint density at radius 2 is 1.85 bits per heavy atom. The first-order chi connectivity index (χ1) is 12.8. The molecule has 0 aliphatic carbocycles. The van der Waals surface area contributed by atoms with Gasteiger partial charge in [-0.2, -0.15) is 4.72 Å². The number of sulfonamides is 1.